The molecule has 0 amide bonds. The minimum atomic E-state index is 0.571. The van der Waals surface area contributed by atoms with Crippen LogP contribution in [0, 0.1) is 6.92 Å². The predicted octanol–water partition coefficient (Wildman–Crippen LogP) is 2.60. The van der Waals surface area contributed by atoms with Gasteiger partial charge in [0.1, 0.15) is 23.6 Å². The summed E-state index contributed by atoms with van der Waals surface area (Å²) >= 11 is 0. The zero-order valence-electron chi connectivity index (χ0n) is 13.9. The second-order valence-corrected chi connectivity index (χ2v) is 5.26. The van der Waals surface area contributed by atoms with Crippen LogP contribution in [0.3, 0.4) is 0 Å². The molecule has 0 saturated carbocycles. The summed E-state index contributed by atoms with van der Waals surface area (Å²) in [6, 6.07) is 7.57. The molecule has 0 aliphatic rings. The fraction of sp³-hybridized carbons (Fsp3) is 0.235. The molecule has 0 aliphatic heterocycles. The molecule has 0 spiro atoms. The van der Waals surface area contributed by atoms with Crippen LogP contribution in [0.15, 0.2) is 43.0 Å². The van der Waals surface area contributed by atoms with Gasteiger partial charge in [-0.3, -0.25) is 0 Å². The van der Waals surface area contributed by atoms with Gasteiger partial charge in [-0.05, 0) is 24.6 Å². The predicted molar refractivity (Wildman–Crippen MR) is 90.8 cm³/mol. The van der Waals surface area contributed by atoms with Gasteiger partial charge in [0, 0.05) is 30.4 Å². The van der Waals surface area contributed by atoms with Gasteiger partial charge in [0.05, 0.1) is 20.4 Å². The standard InChI is InChI=1S/C17H19N5O2/c1-12-8-21-22(10-12)17-7-16(19-11-20-17)18-9-13-4-5-14(23-2)6-15(13)24-3/h4-8,10-11H,9H2,1-3H3,(H,18,19,20). The summed E-state index contributed by atoms with van der Waals surface area (Å²) in [6.07, 6.45) is 5.22. The third-order valence-electron chi connectivity index (χ3n) is 3.55. The number of benzene rings is 1. The van der Waals surface area contributed by atoms with Crippen molar-refractivity contribution in [1.82, 2.24) is 19.7 Å². The topological polar surface area (TPSA) is 74.1 Å². The van der Waals surface area contributed by atoms with Crippen LogP contribution in [0.5, 0.6) is 11.5 Å². The van der Waals surface area contributed by atoms with E-state index in [1.165, 1.54) is 6.33 Å². The van der Waals surface area contributed by atoms with Crippen LogP contribution in [-0.4, -0.2) is 34.0 Å². The lowest BCUT2D eigenvalue weighted by atomic mass is 10.2. The maximum absolute atomic E-state index is 5.41. The molecule has 1 N–H and O–H groups in total. The third-order valence-corrected chi connectivity index (χ3v) is 3.55. The fourth-order valence-electron chi connectivity index (χ4n) is 2.29. The SMILES string of the molecule is COc1ccc(CNc2cc(-n3cc(C)cn3)ncn2)c(OC)c1. The van der Waals surface area contributed by atoms with Crippen molar-refractivity contribution in [3.8, 4) is 17.3 Å². The van der Waals surface area contributed by atoms with Crippen molar-refractivity contribution in [2.75, 3.05) is 19.5 Å². The molecule has 2 heterocycles. The van der Waals surface area contributed by atoms with E-state index in [-0.39, 0.29) is 0 Å². The quantitative estimate of drug-likeness (QED) is 0.751. The third kappa shape index (κ3) is 3.45. The van der Waals surface area contributed by atoms with Crippen molar-refractivity contribution in [1.29, 1.82) is 0 Å². The molecule has 0 unspecified atom stereocenters. The Bertz CT molecular complexity index is 831. The van der Waals surface area contributed by atoms with Crippen molar-refractivity contribution >= 4 is 5.82 Å². The van der Waals surface area contributed by atoms with Gasteiger partial charge < -0.3 is 14.8 Å². The lowest BCUT2D eigenvalue weighted by molar-refractivity contribution is 0.391. The van der Waals surface area contributed by atoms with Crippen molar-refractivity contribution in [3.63, 3.8) is 0 Å². The number of aryl methyl sites for hydroxylation is 1. The highest BCUT2D eigenvalue weighted by atomic mass is 16.5. The maximum Gasteiger partial charge on any atom is 0.158 e. The number of hydrogen-bond acceptors (Lipinski definition) is 6. The zero-order chi connectivity index (χ0) is 16.9. The number of methoxy groups -OCH3 is 2. The first kappa shape index (κ1) is 15.8. The molecule has 0 fully saturated rings. The average molecular weight is 325 g/mol. The second-order valence-electron chi connectivity index (χ2n) is 5.26. The summed E-state index contributed by atoms with van der Waals surface area (Å²) in [5.41, 5.74) is 2.08. The van der Waals surface area contributed by atoms with Gasteiger partial charge in [-0.15, -0.1) is 0 Å². The Morgan fingerprint density at radius 1 is 1.12 bits per heavy atom. The molecule has 1 aromatic carbocycles. The number of hydrogen-bond donors (Lipinski definition) is 1. The summed E-state index contributed by atoms with van der Waals surface area (Å²) in [5, 5.41) is 7.53. The van der Waals surface area contributed by atoms with Crippen LogP contribution < -0.4 is 14.8 Å². The van der Waals surface area contributed by atoms with E-state index in [4.69, 9.17) is 9.47 Å². The number of nitrogens with one attached hydrogen (secondary N) is 1. The smallest absolute Gasteiger partial charge is 0.158 e. The van der Waals surface area contributed by atoms with Crippen molar-refractivity contribution in [2.24, 2.45) is 0 Å². The fourth-order valence-corrected chi connectivity index (χ4v) is 2.29. The van der Waals surface area contributed by atoms with E-state index in [9.17, 15) is 0 Å². The minimum absolute atomic E-state index is 0.571. The Hall–Kier alpha value is -3.09. The van der Waals surface area contributed by atoms with Crippen LogP contribution >= 0.6 is 0 Å². The summed E-state index contributed by atoms with van der Waals surface area (Å²) in [6.45, 7) is 2.56. The van der Waals surface area contributed by atoms with Gasteiger partial charge in [-0.25, -0.2) is 14.6 Å². The van der Waals surface area contributed by atoms with E-state index in [1.54, 1.807) is 25.1 Å². The first-order valence-corrected chi connectivity index (χ1v) is 7.48. The Balaban J connectivity index is 1.75. The maximum atomic E-state index is 5.41. The largest absolute Gasteiger partial charge is 0.497 e. The normalized spacial score (nSPS) is 10.5. The van der Waals surface area contributed by atoms with Crippen molar-refractivity contribution in [3.05, 3.63) is 54.1 Å². The van der Waals surface area contributed by atoms with E-state index >= 15 is 0 Å². The van der Waals surface area contributed by atoms with Gasteiger partial charge in [-0.1, -0.05) is 0 Å². The minimum Gasteiger partial charge on any atom is -0.497 e. The van der Waals surface area contributed by atoms with Crippen LogP contribution in [0.1, 0.15) is 11.1 Å². The zero-order valence-corrected chi connectivity index (χ0v) is 13.9. The van der Waals surface area contributed by atoms with Gasteiger partial charge >= 0.3 is 0 Å². The molecule has 0 radical (unpaired) electrons. The Morgan fingerprint density at radius 2 is 2.00 bits per heavy atom. The Morgan fingerprint density at radius 3 is 2.71 bits per heavy atom. The molecule has 7 nitrogen and oxygen atoms in total. The molecule has 0 aliphatic carbocycles. The molecular formula is C17H19N5O2. The van der Waals surface area contributed by atoms with Crippen LogP contribution in [0.2, 0.25) is 0 Å². The summed E-state index contributed by atoms with van der Waals surface area (Å²) in [4.78, 5) is 8.49. The van der Waals surface area contributed by atoms with Crippen LogP contribution in [0.4, 0.5) is 5.82 Å². The van der Waals surface area contributed by atoms with Crippen molar-refractivity contribution < 1.29 is 9.47 Å². The van der Waals surface area contributed by atoms with Gasteiger partial charge in [0.25, 0.3) is 0 Å². The van der Waals surface area contributed by atoms with E-state index in [2.05, 4.69) is 20.4 Å². The number of ether oxygens (including phenoxy) is 2. The number of anilines is 1. The van der Waals surface area contributed by atoms with Crippen LogP contribution in [-0.2, 0) is 6.54 Å². The highest BCUT2D eigenvalue weighted by Gasteiger charge is 2.07. The molecule has 24 heavy (non-hydrogen) atoms. The van der Waals surface area contributed by atoms with Crippen LogP contribution in [0.25, 0.3) is 5.82 Å². The lowest BCUT2D eigenvalue weighted by Crippen LogP contribution is -2.06. The molecular weight excluding hydrogens is 306 g/mol. The molecule has 0 bridgehead atoms. The first-order valence-electron chi connectivity index (χ1n) is 7.48. The molecule has 2 aromatic heterocycles. The molecule has 7 heteroatoms. The molecule has 0 atom stereocenters. The van der Waals surface area contributed by atoms with Gasteiger partial charge in [0.15, 0.2) is 5.82 Å². The molecule has 0 saturated heterocycles. The van der Waals surface area contributed by atoms with E-state index in [0.717, 1.165) is 22.6 Å². The average Bonchev–Trinajstić information content (AvgIpc) is 3.06. The number of aromatic nitrogens is 4. The Labute approximate surface area is 140 Å². The molecule has 3 rings (SSSR count). The van der Waals surface area contributed by atoms with Crippen molar-refractivity contribution in [2.45, 2.75) is 13.5 Å². The number of nitrogens with zero attached hydrogens (tertiary/aromatic N) is 4. The van der Waals surface area contributed by atoms with E-state index in [0.29, 0.717) is 18.2 Å². The van der Waals surface area contributed by atoms with E-state index < -0.39 is 0 Å². The van der Waals surface area contributed by atoms with E-state index in [1.807, 2.05) is 37.4 Å². The molecule has 3 aromatic rings. The highest BCUT2D eigenvalue weighted by molar-refractivity contribution is 5.45. The Kier molecular flexibility index (Phi) is 4.60. The summed E-state index contributed by atoms with van der Waals surface area (Å²) < 4.78 is 12.3. The van der Waals surface area contributed by atoms with Gasteiger partial charge in [0.2, 0.25) is 0 Å². The molecule has 124 valence electrons. The number of rotatable bonds is 6. The summed E-state index contributed by atoms with van der Waals surface area (Å²) in [7, 11) is 3.27. The summed E-state index contributed by atoms with van der Waals surface area (Å²) in [5.74, 6) is 2.95. The monoisotopic (exact) mass is 325 g/mol. The first-order chi connectivity index (χ1) is 11.7. The van der Waals surface area contributed by atoms with Gasteiger partial charge in [-0.2, -0.15) is 5.10 Å². The highest BCUT2D eigenvalue weighted by Crippen LogP contribution is 2.25. The lowest BCUT2D eigenvalue weighted by Gasteiger charge is -2.12. The second kappa shape index (κ2) is 6.99.